The number of ether oxygens (including phenoxy) is 3. The number of hydrogen-bond acceptors (Lipinski definition) is 4. The lowest BCUT2D eigenvalue weighted by molar-refractivity contribution is -0.140. The second-order valence-corrected chi connectivity index (χ2v) is 5.87. The van der Waals surface area contributed by atoms with Gasteiger partial charge in [-0.15, -0.1) is 0 Å². The minimum absolute atomic E-state index is 0.240. The molecule has 24 heavy (non-hydrogen) atoms. The van der Waals surface area contributed by atoms with Crippen molar-refractivity contribution in [3.05, 3.63) is 58.1 Å². The average molecular weight is 369 g/mol. The number of halogens is 2. The van der Waals surface area contributed by atoms with Crippen LogP contribution in [0.2, 0.25) is 10.0 Å². The molecule has 6 heteroatoms. The van der Waals surface area contributed by atoms with Crippen LogP contribution in [0.1, 0.15) is 18.4 Å². The fourth-order valence-corrected chi connectivity index (χ4v) is 2.43. The Morgan fingerprint density at radius 2 is 1.79 bits per heavy atom. The molecule has 0 saturated heterocycles. The molecule has 2 aromatic rings. The van der Waals surface area contributed by atoms with Crippen LogP contribution < -0.4 is 9.47 Å². The van der Waals surface area contributed by atoms with Gasteiger partial charge < -0.3 is 14.2 Å². The number of esters is 1. The molecule has 0 aliphatic rings. The summed E-state index contributed by atoms with van der Waals surface area (Å²) < 4.78 is 15.9. The Kier molecular flexibility index (Phi) is 7.22. The Bertz CT molecular complexity index is 688. The molecule has 0 saturated carbocycles. The normalized spacial score (nSPS) is 10.3. The van der Waals surface area contributed by atoms with E-state index in [0.29, 0.717) is 47.6 Å². The van der Waals surface area contributed by atoms with E-state index in [0.717, 1.165) is 5.56 Å². The van der Waals surface area contributed by atoms with Crippen molar-refractivity contribution >= 4 is 29.2 Å². The molecular weight excluding hydrogens is 351 g/mol. The van der Waals surface area contributed by atoms with Crippen molar-refractivity contribution in [3.63, 3.8) is 0 Å². The minimum Gasteiger partial charge on any atom is -0.493 e. The summed E-state index contributed by atoms with van der Waals surface area (Å²) in [4.78, 5) is 11.0. The largest absolute Gasteiger partial charge is 0.493 e. The third-order valence-electron chi connectivity index (χ3n) is 3.24. The molecule has 0 atom stereocenters. The van der Waals surface area contributed by atoms with E-state index >= 15 is 0 Å². The first-order chi connectivity index (χ1) is 11.6. The van der Waals surface area contributed by atoms with Crippen molar-refractivity contribution in [2.45, 2.75) is 19.4 Å². The lowest BCUT2D eigenvalue weighted by atomic mass is 10.2. The summed E-state index contributed by atoms with van der Waals surface area (Å²) in [5.74, 6) is 1.11. The monoisotopic (exact) mass is 368 g/mol. The second-order valence-electron chi connectivity index (χ2n) is 5.03. The van der Waals surface area contributed by atoms with Crippen molar-refractivity contribution < 1.29 is 19.0 Å². The quantitative estimate of drug-likeness (QED) is 0.490. The molecule has 0 radical (unpaired) electrons. The van der Waals surface area contributed by atoms with E-state index in [-0.39, 0.29) is 5.97 Å². The summed E-state index contributed by atoms with van der Waals surface area (Å²) in [6.07, 6.45) is 0.930. The summed E-state index contributed by atoms with van der Waals surface area (Å²) in [7, 11) is 1.37. The number of rotatable bonds is 8. The lowest BCUT2D eigenvalue weighted by Crippen LogP contribution is -2.04. The van der Waals surface area contributed by atoms with E-state index in [1.807, 2.05) is 24.3 Å². The van der Waals surface area contributed by atoms with Crippen molar-refractivity contribution in [2.75, 3.05) is 13.7 Å². The highest BCUT2D eigenvalue weighted by Gasteiger charge is 2.04. The van der Waals surface area contributed by atoms with Gasteiger partial charge in [0.15, 0.2) is 0 Å². The van der Waals surface area contributed by atoms with Gasteiger partial charge in [-0.25, -0.2) is 0 Å². The van der Waals surface area contributed by atoms with Gasteiger partial charge in [0, 0.05) is 28.1 Å². The molecule has 0 bridgehead atoms. The average Bonchev–Trinajstić information content (AvgIpc) is 2.58. The fourth-order valence-electron chi connectivity index (χ4n) is 1.96. The van der Waals surface area contributed by atoms with Crippen LogP contribution in [-0.2, 0) is 16.1 Å². The molecular formula is C18H18Cl2O4. The standard InChI is InChI=1S/C18H18Cl2O4/c1-22-18(21)6-3-9-23-15-4-2-5-16(11-15)24-12-13-7-8-14(19)10-17(13)20/h2,4-5,7-8,10-11H,3,6,9,12H2,1H3. The smallest absolute Gasteiger partial charge is 0.305 e. The molecule has 2 aromatic carbocycles. The molecule has 0 aliphatic heterocycles. The third-order valence-corrected chi connectivity index (χ3v) is 3.82. The van der Waals surface area contributed by atoms with Crippen LogP contribution >= 0.6 is 23.2 Å². The van der Waals surface area contributed by atoms with Gasteiger partial charge in [-0.3, -0.25) is 4.79 Å². The van der Waals surface area contributed by atoms with Crippen LogP contribution in [0.5, 0.6) is 11.5 Å². The zero-order chi connectivity index (χ0) is 17.4. The van der Waals surface area contributed by atoms with Crippen molar-refractivity contribution in [2.24, 2.45) is 0 Å². The maximum atomic E-state index is 11.0. The van der Waals surface area contributed by atoms with Gasteiger partial charge in [0.2, 0.25) is 0 Å². The maximum absolute atomic E-state index is 11.0. The first-order valence-electron chi connectivity index (χ1n) is 7.45. The Morgan fingerprint density at radius 3 is 2.50 bits per heavy atom. The molecule has 0 spiro atoms. The first-order valence-corrected chi connectivity index (χ1v) is 8.20. The number of hydrogen-bond donors (Lipinski definition) is 0. The summed E-state index contributed by atoms with van der Waals surface area (Å²) in [5, 5.41) is 1.16. The van der Waals surface area contributed by atoms with E-state index in [1.54, 1.807) is 18.2 Å². The molecule has 128 valence electrons. The van der Waals surface area contributed by atoms with Gasteiger partial charge in [0.25, 0.3) is 0 Å². The Labute approximate surface area is 151 Å². The number of carbonyl (C=O) groups is 1. The molecule has 0 unspecified atom stereocenters. The van der Waals surface area contributed by atoms with Gasteiger partial charge in [0.05, 0.1) is 13.7 Å². The van der Waals surface area contributed by atoms with E-state index in [9.17, 15) is 4.79 Å². The van der Waals surface area contributed by atoms with Crippen LogP contribution in [0, 0.1) is 0 Å². The van der Waals surface area contributed by atoms with Crippen molar-refractivity contribution in [1.82, 2.24) is 0 Å². The summed E-state index contributed by atoms with van der Waals surface area (Å²) in [5.41, 5.74) is 0.852. The zero-order valence-corrected chi connectivity index (χ0v) is 14.8. The molecule has 0 amide bonds. The molecule has 0 N–H and O–H groups in total. The van der Waals surface area contributed by atoms with Crippen molar-refractivity contribution in [3.8, 4) is 11.5 Å². The van der Waals surface area contributed by atoms with E-state index in [4.69, 9.17) is 32.7 Å². The topological polar surface area (TPSA) is 44.8 Å². The SMILES string of the molecule is COC(=O)CCCOc1cccc(OCc2ccc(Cl)cc2Cl)c1. The van der Waals surface area contributed by atoms with Crippen LogP contribution in [0.25, 0.3) is 0 Å². The number of carbonyl (C=O) groups excluding carboxylic acids is 1. The van der Waals surface area contributed by atoms with E-state index < -0.39 is 0 Å². The van der Waals surface area contributed by atoms with Gasteiger partial charge in [-0.2, -0.15) is 0 Å². The van der Waals surface area contributed by atoms with Gasteiger partial charge in [-0.05, 0) is 30.7 Å². The highest BCUT2D eigenvalue weighted by atomic mass is 35.5. The van der Waals surface area contributed by atoms with Crippen LogP contribution in [0.3, 0.4) is 0 Å². The Balaban J connectivity index is 1.85. The third kappa shape index (κ3) is 5.95. The van der Waals surface area contributed by atoms with E-state index in [2.05, 4.69) is 4.74 Å². The first kappa shape index (κ1) is 18.4. The minimum atomic E-state index is -0.240. The molecule has 0 heterocycles. The van der Waals surface area contributed by atoms with Crippen LogP contribution in [0.15, 0.2) is 42.5 Å². The fraction of sp³-hybridized carbons (Fsp3) is 0.278. The predicted molar refractivity (Wildman–Crippen MR) is 94.0 cm³/mol. The zero-order valence-electron chi connectivity index (χ0n) is 13.3. The van der Waals surface area contributed by atoms with Crippen LogP contribution in [-0.4, -0.2) is 19.7 Å². The second kappa shape index (κ2) is 9.40. The lowest BCUT2D eigenvalue weighted by Gasteiger charge is -2.10. The summed E-state index contributed by atoms with van der Waals surface area (Å²) >= 11 is 12.0. The molecule has 0 fully saturated rings. The molecule has 2 rings (SSSR count). The molecule has 0 aromatic heterocycles. The Morgan fingerprint density at radius 1 is 1.04 bits per heavy atom. The van der Waals surface area contributed by atoms with Crippen LogP contribution in [0.4, 0.5) is 0 Å². The number of methoxy groups -OCH3 is 1. The molecule has 0 aliphatic carbocycles. The number of benzene rings is 2. The summed E-state index contributed by atoms with van der Waals surface area (Å²) in [6, 6.07) is 12.6. The highest BCUT2D eigenvalue weighted by molar-refractivity contribution is 6.35. The van der Waals surface area contributed by atoms with Gasteiger partial charge in [-0.1, -0.05) is 35.3 Å². The summed E-state index contributed by atoms with van der Waals surface area (Å²) in [6.45, 7) is 0.767. The highest BCUT2D eigenvalue weighted by Crippen LogP contribution is 2.24. The van der Waals surface area contributed by atoms with E-state index in [1.165, 1.54) is 7.11 Å². The van der Waals surface area contributed by atoms with Gasteiger partial charge in [0.1, 0.15) is 18.1 Å². The van der Waals surface area contributed by atoms with Gasteiger partial charge >= 0.3 is 5.97 Å². The molecule has 4 nitrogen and oxygen atoms in total. The Hall–Kier alpha value is -1.91. The van der Waals surface area contributed by atoms with Crippen molar-refractivity contribution in [1.29, 1.82) is 0 Å². The predicted octanol–water partition coefficient (Wildman–Crippen LogP) is 4.90. The maximum Gasteiger partial charge on any atom is 0.305 e.